The van der Waals surface area contributed by atoms with Crippen LogP contribution in [0.25, 0.3) is 0 Å². The number of nitrogens with zero attached hydrogens (tertiary/aromatic N) is 2. The highest BCUT2D eigenvalue weighted by atomic mass is 127. The van der Waals surface area contributed by atoms with Crippen LogP contribution < -0.4 is 5.32 Å². The van der Waals surface area contributed by atoms with Gasteiger partial charge in [0.05, 0.1) is 8.45 Å². The van der Waals surface area contributed by atoms with E-state index in [1.54, 1.807) is 11.3 Å². The maximum absolute atomic E-state index is 12.3. The van der Waals surface area contributed by atoms with Crippen LogP contribution in [-0.4, -0.2) is 61.0 Å². The highest BCUT2D eigenvalue weighted by Gasteiger charge is 2.28. The molecule has 2 fully saturated rings. The Balaban J connectivity index is 0.00000147. The Morgan fingerprint density at radius 2 is 2.10 bits per heavy atom. The van der Waals surface area contributed by atoms with Crippen LogP contribution >= 0.6 is 46.3 Å². The van der Waals surface area contributed by atoms with Crippen LogP contribution in [0.4, 0.5) is 0 Å². The van der Waals surface area contributed by atoms with Gasteiger partial charge in [-0.1, -0.05) is 0 Å². The summed E-state index contributed by atoms with van der Waals surface area (Å²) in [5.74, 6) is 0.198. The molecule has 2 aliphatic heterocycles. The molecule has 0 aromatic carbocycles. The van der Waals surface area contributed by atoms with E-state index in [1.165, 1.54) is 9.30 Å². The third kappa shape index (κ3) is 3.65. The Bertz CT molecular complexity index is 456. The van der Waals surface area contributed by atoms with E-state index in [9.17, 15) is 4.79 Å². The van der Waals surface area contributed by atoms with Gasteiger partial charge in [0.15, 0.2) is 0 Å². The molecular formula is C13H19ClIN3OS. The van der Waals surface area contributed by atoms with Crippen LogP contribution in [0.15, 0.2) is 11.4 Å². The molecule has 0 bridgehead atoms. The van der Waals surface area contributed by atoms with E-state index in [-0.39, 0.29) is 18.3 Å². The number of hydrogen-bond donors (Lipinski definition) is 1. The Morgan fingerprint density at radius 3 is 2.65 bits per heavy atom. The lowest BCUT2D eigenvalue weighted by molar-refractivity contribution is 0.0584. The second kappa shape index (κ2) is 7.40. The van der Waals surface area contributed by atoms with Crippen molar-refractivity contribution in [3.05, 3.63) is 19.9 Å². The van der Waals surface area contributed by atoms with Gasteiger partial charge in [-0.3, -0.25) is 9.69 Å². The molecule has 1 unspecified atom stereocenters. The lowest BCUT2D eigenvalue weighted by Gasteiger charge is -2.37. The molecule has 1 aromatic rings. The maximum atomic E-state index is 12.3. The van der Waals surface area contributed by atoms with Crippen molar-refractivity contribution < 1.29 is 4.79 Å². The summed E-state index contributed by atoms with van der Waals surface area (Å²) in [4.78, 5) is 16.9. The van der Waals surface area contributed by atoms with E-state index in [2.05, 4.69) is 32.8 Å². The van der Waals surface area contributed by atoms with E-state index in [4.69, 9.17) is 0 Å². The Hall–Kier alpha value is 0.110. The first-order valence-corrected chi connectivity index (χ1v) is 8.68. The second-order valence-corrected chi connectivity index (χ2v) is 7.92. The van der Waals surface area contributed by atoms with Crippen LogP contribution in [0.5, 0.6) is 0 Å². The molecule has 20 heavy (non-hydrogen) atoms. The first-order chi connectivity index (χ1) is 9.24. The predicted octanol–water partition coefficient (Wildman–Crippen LogP) is 1.89. The van der Waals surface area contributed by atoms with Crippen LogP contribution in [0.2, 0.25) is 0 Å². The molecule has 112 valence electrons. The highest BCUT2D eigenvalue weighted by Crippen LogP contribution is 2.19. The van der Waals surface area contributed by atoms with Crippen LogP contribution in [-0.2, 0) is 0 Å². The van der Waals surface area contributed by atoms with Gasteiger partial charge in [-0.25, -0.2) is 0 Å². The largest absolute Gasteiger partial charge is 0.336 e. The number of rotatable bonds is 2. The smallest absolute Gasteiger partial charge is 0.254 e. The topological polar surface area (TPSA) is 35.6 Å². The quantitative estimate of drug-likeness (QED) is 0.732. The number of thiophene rings is 1. The molecule has 0 spiro atoms. The Kier molecular flexibility index (Phi) is 6.09. The van der Waals surface area contributed by atoms with Gasteiger partial charge in [0.2, 0.25) is 0 Å². The average molecular weight is 428 g/mol. The Morgan fingerprint density at radius 1 is 1.35 bits per heavy atom. The molecule has 2 saturated heterocycles. The van der Waals surface area contributed by atoms with E-state index in [0.717, 1.165) is 44.8 Å². The zero-order valence-corrected chi connectivity index (χ0v) is 15.0. The van der Waals surface area contributed by atoms with Gasteiger partial charge in [0, 0.05) is 44.1 Å². The molecule has 1 atom stereocenters. The molecule has 1 amide bonds. The van der Waals surface area contributed by atoms with E-state index >= 15 is 0 Å². The molecule has 2 aliphatic rings. The van der Waals surface area contributed by atoms with Gasteiger partial charge >= 0.3 is 0 Å². The number of carbonyl (C=O) groups excluding carboxylic acids is 1. The summed E-state index contributed by atoms with van der Waals surface area (Å²) in [6.07, 6.45) is 1.25. The fourth-order valence-electron chi connectivity index (χ4n) is 2.85. The van der Waals surface area contributed by atoms with Crippen molar-refractivity contribution in [1.29, 1.82) is 0 Å². The number of amides is 1. The summed E-state index contributed by atoms with van der Waals surface area (Å²) in [6, 6.07) is 2.67. The third-order valence-electron chi connectivity index (χ3n) is 3.97. The summed E-state index contributed by atoms with van der Waals surface area (Å²) in [5.41, 5.74) is 0.852. The van der Waals surface area contributed by atoms with Gasteiger partial charge in [0.1, 0.15) is 0 Å². The van der Waals surface area contributed by atoms with Gasteiger partial charge in [-0.05, 0) is 41.6 Å². The molecule has 0 radical (unpaired) electrons. The monoisotopic (exact) mass is 427 g/mol. The van der Waals surface area contributed by atoms with Crippen LogP contribution in [0.3, 0.4) is 0 Å². The molecule has 7 heteroatoms. The normalized spacial score (nSPS) is 23.6. The van der Waals surface area contributed by atoms with E-state index < -0.39 is 0 Å². The maximum Gasteiger partial charge on any atom is 0.254 e. The van der Waals surface area contributed by atoms with E-state index in [1.807, 2.05) is 16.3 Å². The van der Waals surface area contributed by atoms with Crippen molar-refractivity contribution >= 4 is 52.2 Å². The number of piperazine rings is 1. The number of halogens is 2. The minimum absolute atomic E-state index is 0. The standard InChI is InChI=1S/C13H18IN3OS.ClH/c14-12-7-10(9-19-12)13(18)17-5-3-16(4-6-17)11-1-2-15-8-11;/h7,9,11,15H,1-6,8H2;1H. The van der Waals surface area contributed by atoms with Crippen molar-refractivity contribution in [2.24, 2.45) is 0 Å². The molecule has 0 aliphatic carbocycles. The second-order valence-electron chi connectivity index (χ2n) is 5.11. The molecule has 3 heterocycles. The lowest BCUT2D eigenvalue weighted by Crippen LogP contribution is -2.52. The fraction of sp³-hybridized carbons (Fsp3) is 0.615. The lowest BCUT2D eigenvalue weighted by atomic mass is 10.2. The van der Waals surface area contributed by atoms with Gasteiger partial charge in [0.25, 0.3) is 5.91 Å². The Labute approximate surface area is 143 Å². The average Bonchev–Trinajstić information content (AvgIpc) is 3.09. The zero-order valence-electron chi connectivity index (χ0n) is 11.2. The minimum Gasteiger partial charge on any atom is -0.336 e. The first-order valence-electron chi connectivity index (χ1n) is 6.72. The van der Waals surface area contributed by atoms with Crippen molar-refractivity contribution in [3.8, 4) is 0 Å². The summed E-state index contributed by atoms with van der Waals surface area (Å²) >= 11 is 3.90. The van der Waals surface area contributed by atoms with Crippen molar-refractivity contribution in [3.63, 3.8) is 0 Å². The molecule has 1 N–H and O–H groups in total. The summed E-state index contributed by atoms with van der Waals surface area (Å²) in [7, 11) is 0. The molecule has 1 aromatic heterocycles. The predicted molar refractivity (Wildman–Crippen MR) is 93.0 cm³/mol. The summed E-state index contributed by atoms with van der Waals surface area (Å²) < 4.78 is 1.18. The van der Waals surface area contributed by atoms with Crippen LogP contribution in [0, 0.1) is 2.88 Å². The summed E-state index contributed by atoms with van der Waals surface area (Å²) in [5, 5.41) is 5.38. The van der Waals surface area contributed by atoms with Crippen molar-refractivity contribution in [1.82, 2.24) is 15.1 Å². The minimum atomic E-state index is 0. The first kappa shape index (κ1) is 16.5. The van der Waals surface area contributed by atoms with Gasteiger partial charge < -0.3 is 10.2 Å². The van der Waals surface area contributed by atoms with Gasteiger partial charge in [-0.2, -0.15) is 0 Å². The zero-order chi connectivity index (χ0) is 13.2. The number of nitrogens with one attached hydrogen (secondary N) is 1. The van der Waals surface area contributed by atoms with Crippen molar-refractivity contribution in [2.75, 3.05) is 39.3 Å². The summed E-state index contributed by atoms with van der Waals surface area (Å²) in [6.45, 7) is 6.00. The molecule has 0 saturated carbocycles. The molecule has 4 nitrogen and oxygen atoms in total. The molecular weight excluding hydrogens is 409 g/mol. The number of hydrogen-bond acceptors (Lipinski definition) is 4. The van der Waals surface area contributed by atoms with Crippen LogP contribution in [0.1, 0.15) is 16.8 Å². The highest BCUT2D eigenvalue weighted by molar-refractivity contribution is 14.1. The molecule has 3 rings (SSSR count). The van der Waals surface area contributed by atoms with Gasteiger partial charge in [-0.15, -0.1) is 23.7 Å². The fourth-order valence-corrected chi connectivity index (χ4v) is 4.17. The SMILES string of the molecule is Cl.O=C(c1csc(I)c1)N1CCN(C2CCNC2)CC1. The van der Waals surface area contributed by atoms with E-state index in [0.29, 0.717) is 6.04 Å². The van der Waals surface area contributed by atoms with Crippen molar-refractivity contribution in [2.45, 2.75) is 12.5 Å². The number of carbonyl (C=O) groups is 1. The third-order valence-corrected chi connectivity index (χ3v) is 5.76.